The van der Waals surface area contributed by atoms with Crippen molar-refractivity contribution in [1.82, 2.24) is 14.8 Å². The number of Topliss-reactive ketones (excluding diaryl/α,β-unsaturated/α-hetero) is 1. The van der Waals surface area contributed by atoms with E-state index >= 15 is 0 Å². The predicted molar refractivity (Wildman–Crippen MR) is 130 cm³/mol. The first-order valence-corrected chi connectivity index (χ1v) is 10.7. The number of carbonyl (C=O) groups is 2. The first-order chi connectivity index (χ1) is 16.5. The molecule has 2 N–H and O–H groups in total. The maximum atomic E-state index is 13.3. The van der Waals surface area contributed by atoms with Crippen molar-refractivity contribution in [1.29, 1.82) is 0 Å². The van der Waals surface area contributed by atoms with Gasteiger partial charge >= 0.3 is 0 Å². The zero-order valence-corrected chi connectivity index (χ0v) is 18.4. The summed E-state index contributed by atoms with van der Waals surface area (Å²) >= 11 is 0. The number of nitrogens with one attached hydrogen (secondary N) is 1. The van der Waals surface area contributed by atoms with Crippen molar-refractivity contribution >= 4 is 34.5 Å². The number of aromatic nitrogens is 3. The van der Waals surface area contributed by atoms with Gasteiger partial charge in [-0.2, -0.15) is 5.10 Å². The van der Waals surface area contributed by atoms with Crippen LogP contribution >= 0.6 is 0 Å². The van der Waals surface area contributed by atoms with E-state index in [1.807, 2.05) is 18.2 Å². The van der Waals surface area contributed by atoms with E-state index in [9.17, 15) is 14.7 Å². The number of aromatic amines is 1. The summed E-state index contributed by atoms with van der Waals surface area (Å²) in [7, 11) is 1.76. The molecule has 5 rings (SSSR count). The lowest BCUT2D eigenvalue weighted by Gasteiger charge is -2.05. The molecule has 2 aromatic heterocycles. The second-order valence-corrected chi connectivity index (χ2v) is 8.04. The molecule has 0 saturated carbocycles. The van der Waals surface area contributed by atoms with Crippen molar-refractivity contribution in [3.63, 3.8) is 0 Å². The van der Waals surface area contributed by atoms with Crippen molar-refractivity contribution in [2.45, 2.75) is 6.42 Å². The number of aliphatic imine (C=N–C) groups is 2. The van der Waals surface area contributed by atoms with Crippen LogP contribution in [0.1, 0.15) is 37.4 Å². The molecule has 0 spiro atoms. The molecule has 0 atom stereocenters. The molecule has 0 radical (unpaired) electrons. The normalized spacial score (nSPS) is 13.1. The number of ketones is 2. The summed E-state index contributed by atoms with van der Waals surface area (Å²) in [6, 6.07) is 12.3. The van der Waals surface area contributed by atoms with Gasteiger partial charge in [-0.1, -0.05) is 24.3 Å². The Hall–Kier alpha value is -4.59. The number of hydrogen-bond acceptors (Lipinski definition) is 6. The Balaban J connectivity index is 1.42. The summed E-state index contributed by atoms with van der Waals surface area (Å²) in [6.45, 7) is 0.595. The van der Waals surface area contributed by atoms with Gasteiger partial charge in [-0.25, -0.2) is 4.99 Å². The Kier molecular flexibility index (Phi) is 5.47. The summed E-state index contributed by atoms with van der Waals surface area (Å²) in [5, 5.41) is 15.1. The highest BCUT2D eigenvalue weighted by Crippen LogP contribution is 2.27. The lowest BCUT2D eigenvalue weighted by atomic mass is 9.97. The Morgan fingerprint density at radius 1 is 1.18 bits per heavy atom. The van der Waals surface area contributed by atoms with Crippen molar-refractivity contribution in [2.75, 3.05) is 6.54 Å². The van der Waals surface area contributed by atoms with E-state index in [2.05, 4.69) is 20.1 Å². The van der Waals surface area contributed by atoms with Crippen molar-refractivity contribution in [3.05, 3.63) is 94.8 Å². The third-order valence-electron chi connectivity index (χ3n) is 5.61. The van der Waals surface area contributed by atoms with Gasteiger partial charge in [-0.15, -0.1) is 0 Å². The molecule has 168 valence electrons. The minimum atomic E-state index is -0.177. The Bertz CT molecular complexity index is 1520. The number of aryl methyl sites for hydroxylation is 1. The average Bonchev–Trinajstić information content (AvgIpc) is 3.57. The van der Waals surface area contributed by atoms with E-state index in [1.165, 1.54) is 6.20 Å². The number of fused-ring (bicyclic) bond motifs is 1. The topological polar surface area (TPSA) is 113 Å². The van der Waals surface area contributed by atoms with Crippen LogP contribution in [0.5, 0.6) is 5.88 Å². The summed E-state index contributed by atoms with van der Waals surface area (Å²) in [5.74, 6) is 0.317. The minimum Gasteiger partial charge on any atom is -0.494 e. The molecular formula is C26H21N5O3. The molecule has 8 nitrogen and oxygen atoms in total. The van der Waals surface area contributed by atoms with Crippen molar-refractivity contribution in [2.24, 2.45) is 17.0 Å². The molecule has 0 amide bonds. The van der Waals surface area contributed by atoms with E-state index in [4.69, 9.17) is 0 Å². The molecule has 2 aromatic carbocycles. The molecule has 34 heavy (non-hydrogen) atoms. The molecule has 4 aromatic rings. The summed E-state index contributed by atoms with van der Waals surface area (Å²) in [4.78, 5) is 37.2. The number of benzene rings is 2. The van der Waals surface area contributed by atoms with Crippen LogP contribution in [0.4, 0.5) is 0 Å². The number of aromatic hydroxyl groups is 1. The molecule has 0 aliphatic carbocycles. The standard InChI is InChI=1S/C26H21N5O3/c1-31-15-19(13-29-31)23(32)11-16-4-2-5-17(10-16)25(33)18-7-8-22-20(12-18)21(26(34)30-22)14-28-24-6-3-9-27-24/h2-8,10,12-15,30,34H,9,11H2,1H3. The molecule has 0 unspecified atom stereocenters. The fourth-order valence-corrected chi connectivity index (χ4v) is 3.88. The van der Waals surface area contributed by atoms with Crippen molar-refractivity contribution in [3.8, 4) is 5.88 Å². The zero-order valence-electron chi connectivity index (χ0n) is 18.4. The number of H-pyrrole nitrogens is 1. The SMILES string of the molecule is Cn1cc(C(=O)Cc2cccc(C(=O)c3ccc4[nH]c(O)c(C=NC5=NCC=C5)c4c3)c2)cn1. The van der Waals surface area contributed by atoms with Gasteiger partial charge in [0.25, 0.3) is 0 Å². The van der Waals surface area contributed by atoms with E-state index in [-0.39, 0.29) is 23.9 Å². The third-order valence-corrected chi connectivity index (χ3v) is 5.61. The first-order valence-electron chi connectivity index (χ1n) is 10.7. The van der Waals surface area contributed by atoms with E-state index in [1.54, 1.807) is 60.5 Å². The lowest BCUT2D eigenvalue weighted by molar-refractivity contribution is 0.0990. The molecule has 0 fully saturated rings. The maximum Gasteiger partial charge on any atom is 0.198 e. The van der Waals surface area contributed by atoms with Crippen LogP contribution in [0.15, 0.2) is 77.0 Å². The second-order valence-electron chi connectivity index (χ2n) is 8.04. The van der Waals surface area contributed by atoms with Gasteiger partial charge in [-0.05, 0) is 35.9 Å². The quantitative estimate of drug-likeness (QED) is 0.344. The number of nitrogens with zero attached hydrogens (tertiary/aromatic N) is 4. The van der Waals surface area contributed by atoms with Crippen LogP contribution in [-0.2, 0) is 13.5 Å². The molecule has 3 heterocycles. The van der Waals surface area contributed by atoms with Crippen LogP contribution < -0.4 is 0 Å². The molecular weight excluding hydrogens is 430 g/mol. The van der Waals surface area contributed by atoms with Gasteiger partial charge in [0, 0.05) is 47.9 Å². The van der Waals surface area contributed by atoms with Gasteiger partial charge in [0.05, 0.1) is 23.9 Å². The van der Waals surface area contributed by atoms with Gasteiger partial charge in [-0.3, -0.25) is 19.3 Å². The summed E-state index contributed by atoms with van der Waals surface area (Å²) < 4.78 is 1.58. The average molecular weight is 451 g/mol. The molecule has 1 aliphatic heterocycles. The third kappa shape index (κ3) is 4.21. The second kappa shape index (κ2) is 8.74. The molecule has 1 aliphatic rings. The van der Waals surface area contributed by atoms with Crippen LogP contribution in [0, 0.1) is 0 Å². The number of hydrogen-bond donors (Lipinski definition) is 2. The van der Waals surface area contributed by atoms with Gasteiger partial charge in [0.2, 0.25) is 0 Å². The smallest absolute Gasteiger partial charge is 0.198 e. The summed E-state index contributed by atoms with van der Waals surface area (Å²) in [5.41, 5.74) is 3.41. The first kappa shape index (κ1) is 21.3. The van der Waals surface area contributed by atoms with Crippen LogP contribution in [0.3, 0.4) is 0 Å². The van der Waals surface area contributed by atoms with Gasteiger partial charge in [0.1, 0.15) is 5.84 Å². The van der Waals surface area contributed by atoms with Gasteiger partial charge in [0.15, 0.2) is 17.4 Å². The minimum absolute atomic E-state index is 0.0261. The van der Waals surface area contributed by atoms with Crippen molar-refractivity contribution < 1.29 is 14.7 Å². The fraction of sp³-hybridized carbons (Fsp3) is 0.115. The van der Waals surface area contributed by atoms with Gasteiger partial charge < -0.3 is 10.1 Å². The molecule has 0 bridgehead atoms. The Labute approximate surface area is 195 Å². The van der Waals surface area contributed by atoms with E-state index < -0.39 is 0 Å². The highest BCUT2D eigenvalue weighted by Gasteiger charge is 2.16. The number of carbonyl (C=O) groups excluding carboxylic acids is 2. The predicted octanol–water partition coefficient (Wildman–Crippen LogP) is 3.65. The van der Waals surface area contributed by atoms with E-state index in [0.717, 1.165) is 5.56 Å². The lowest BCUT2D eigenvalue weighted by Crippen LogP contribution is -2.05. The fourth-order valence-electron chi connectivity index (χ4n) is 3.88. The zero-order chi connectivity index (χ0) is 23.7. The highest BCUT2D eigenvalue weighted by atomic mass is 16.3. The van der Waals surface area contributed by atoms with Crippen LogP contribution in [0.25, 0.3) is 10.9 Å². The summed E-state index contributed by atoms with van der Waals surface area (Å²) in [6.07, 6.45) is 8.64. The highest BCUT2D eigenvalue weighted by molar-refractivity contribution is 6.13. The number of rotatable bonds is 6. The van der Waals surface area contributed by atoms with E-state index in [0.29, 0.717) is 45.5 Å². The maximum absolute atomic E-state index is 13.3. The van der Waals surface area contributed by atoms with Crippen LogP contribution in [-0.4, -0.2) is 50.0 Å². The molecule has 0 saturated heterocycles. The van der Waals surface area contributed by atoms with Crippen LogP contribution in [0.2, 0.25) is 0 Å². The number of amidine groups is 1. The molecule has 8 heteroatoms. The Morgan fingerprint density at radius 3 is 2.79 bits per heavy atom. The Morgan fingerprint density at radius 2 is 2.03 bits per heavy atom. The monoisotopic (exact) mass is 451 g/mol. The largest absolute Gasteiger partial charge is 0.494 e.